The molecule has 1 heterocycles. The van der Waals surface area contributed by atoms with Gasteiger partial charge < -0.3 is 18.9 Å². The Bertz CT molecular complexity index is 2590. The Labute approximate surface area is 458 Å². The number of ether oxygens (including phenoxy) is 4. The van der Waals surface area contributed by atoms with Crippen LogP contribution >= 0.6 is 0 Å². The molecule has 0 radical (unpaired) electrons. The molecule has 420 valence electrons. The maximum atomic E-state index is 14.7. The normalized spacial score (nSPS) is 15.9. The first-order valence-corrected chi connectivity index (χ1v) is 27.9. The van der Waals surface area contributed by atoms with E-state index in [1.165, 1.54) is 66.7 Å². The van der Waals surface area contributed by atoms with Crippen LogP contribution in [0, 0.1) is 23.7 Å². The maximum Gasteiger partial charge on any atom is 0.422 e. The first-order valence-electron chi connectivity index (χ1n) is 27.9. The van der Waals surface area contributed by atoms with E-state index >= 15 is 0 Å². The second-order valence-corrected chi connectivity index (χ2v) is 20.3. The Kier molecular flexibility index (Phi) is 25.6. The molecule has 4 aromatic carbocycles. The molecule has 5 rings (SSSR count). The van der Waals surface area contributed by atoms with E-state index in [0.29, 0.717) is 24.2 Å². The number of rotatable bonds is 32. The van der Waals surface area contributed by atoms with Gasteiger partial charge in [-0.25, -0.2) is 9.59 Å². The fraction of sp³-hybridized carbons (Fsp3) is 0.469. The molecule has 78 heavy (non-hydrogen) atoms. The standard InChI is InChI=1S/C64H78F3NO10/c1-6-10-13-15-17-46-19-23-48(24-20-46)29-37-57(69)77-54-33-27-50(28-34-54)39-40-68-60(71)45(5)59(61(68)72)56(43-53(63(74)75-41-12-8-3)42-51(9-4)62(73)76-44-64(65,66)67)52-31-35-55(36-32-52)78-58(70)38-30-49-25-21-47(22-26-49)18-16-14-11-7-2/h19-38,45,51,53,56,59H,6-18,39-44H2,1-5H3/b37-29+,38-30+. The van der Waals surface area contributed by atoms with Gasteiger partial charge in [-0.3, -0.25) is 24.1 Å². The number of alkyl halides is 3. The smallest absolute Gasteiger partial charge is 0.422 e. The third kappa shape index (κ3) is 20.5. The van der Waals surface area contributed by atoms with E-state index < -0.39 is 78.1 Å². The van der Waals surface area contributed by atoms with Crippen LogP contribution in [0.25, 0.3) is 12.2 Å². The zero-order valence-corrected chi connectivity index (χ0v) is 46.0. The molecule has 11 nitrogen and oxygen atoms in total. The minimum Gasteiger partial charge on any atom is -0.465 e. The highest BCUT2D eigenvalue weighted by atomic mass is 19.4. The van der Waals surface area contributed by atoms with Crippen molar-refractivity contribution in [3.63, 3.8) is 0 Å². The van der Waals surface area contributed by atoms with Gasteiger partial charge in [0, 0.05) is 24.6 Å². The largest absolute Gasteiger partial charge is 0.465 e. The van der Waals surface area contributed by atoms with Gasteiger partial charge in [-0.1, -0.05) is 152 Å². The number of unbranched alkanes of at least 4 members (excludes halogenated alkanes) is 7. The summed E-state index contributed by atoms with van der Waals surface area (Å²) < 4.78 is 60.9. The van der Waals surface area contributed by atoms with E-state index in [1.54, 1.807) is 74.5 Å². The van der Waals surface area contributed by atoms with Gasteiger partial charge in [0.15, 0.2) is 6.61 Å². The van der Waals surface area contributed by atoms with E-state index in [9.17, 15) is 41.9 Å². The minimum atomic E-state index is -4.76. The molecule has 1 aliphatic heterocycles. The summed E-state index contributed by atoms with van der Waals surface area (Å²) in [5.74, 6) is -8.37. The Hall–Kier alpha value is -6.83. The van der Waals surface area contributed by atoms with Crippen molar-refractivity contribution in [2.45, 2.75) is 149 Å². The number of likely N-dealkylation sites (tertiary alicyclic amines) is 1. The van der Waals surface area contributed by atoms with E-state index in [2.05, 4.69) is 30.7 Å². The number of benzene rings is 4. The molecule has 0 spiro atoms. The molecule has 5 unspecified atom stereocenters. The van der Waals surface area contributed by atoms with Gasteiger partial charge in [0.2, 0.25) is 11.8 Å². The Morgan fingerprint density at radius 3 is 1.53 bits per heavy atom. The fourth-order valence-corrected chi connectivity index (χ4v) is 9.69. The van der Waals surface area contributed by atoms with Crippen molar-refractivity contribution in [3.05, 3.63) is 143 Å². The summed E-state index contributed by atoms with van der Waals surface area (Å²) in [6, 6.07) is 29.2. The fourth-order valence-electron chi connectivity index (χ4n) is 9.69. The number of hydrogen-bond donors (Lipinski definition) is 0. The number of halogens is 3. The monoisotopic (exact) mass is 1080 g/mol. The van der Waals surface area contributed by atoms with Crippen LogP contribution in [0.5, 0.6) is 11.5 Å². The first kappa shape index (κ1) is 62.0. The van der Waals surface area contributed by atoms with Crippen molar-refractivity contribution in [1.29, 1.82) is 0 Å². The first-order chi connectivity index (χ1) is 37.5. The van der Waals surface area contributed by atoms with Crippen molar-refractivity contribution in [2.75, 3.05) is 19.8 Å². The van der Waals surface area contributed by atoms with Crippen LogP contribution in [0.15, 0.2) is 109 Å². The summed E-state index contributed by atoms with van der Waals surface area (Å²) in [6.07, 6.45) is 13.9. The summed E-state index contributed by atoms with van der Waals surface area (Å²) in [7, 11) is 0. The highest BCUT2D eigenvalue weighted by molar-refractivity contribution is 6.05. The molecule has 1 fully saturated rings. The van der Waals surface area contributed by atoms with Gasteiger partial charge in [0.1, 0.15) is 11.5 Å². The van der Waals surface area contributed by atoms with Gasteiger partial charge in [0.05, 0.1) is 24.4 Å². The third-order valence-electron chi connectivity index (χ3n) is 14.3. The van der Waals surface area contributed by atoms with E-state index in [4.69, 9.17) is 14.2 Å². The van der Waals surface area contributed by atoms with E-state index in [1.807, 2.05) is 43.3 Å². The van der Waals surface area contributed by atoms with Gasteiger partial charge in [-0.15, -0.1) is 0 Å². The van der Waals surface area contributed by atoms with Gasteiger partial charge >= 0.3 is 30.1 Å². The number of esters is 4. The number of amides is 2. The van der Waals surface area contributed by atoms with Crippen LogP contribution < -0.4 is 9.47 Å². The highest BCUT2D eigenvalue weighted by Gasteiger charge is 2.50. The topological polar surface area (TPSA) is 143 Å². The quantitative estimate of drug-likeness (QED) is 0.0152. The van der Waals surface area contributed by atoms with Gasteiger partial charge in [-0.2, -0.15) is 13.2 Å². The summed E-state index contributed by atoms with van der Waals surface area (Å²) in [4.78, 5) is 82.8. The van der Waals surface area contributed by atoms with Crippen LogP contribution in [-0.2, 0) is 57.5 Å². The zero-order chi connectivity index (χ0) is 56.5. The Balaban J connectivity index is 1.32. The SMILES string of the molecule is CCCCCCc1ccc(/C=C/C(=O)Oc2ccc(CCN3C(=O)C(C)C(C(CC(CC(CC)C(=O)OCC(F)(F)F)C(=O)OCCCC)c4ccc(OC(=O)/C=C/c5ccc(CCCCCC)cc5)cc4)C3=O)cc2)cc1. The molecule has 5 atom stereocenters. The van der Waals surface area contributed by atoms with Gasteiger partial charge in [0.25, 0.3) is 0 Å². The molecule has 1 saturated heterocycles. The maximum absolute atomic E-state index is 14.7. The molecule has 0 bridgehead atoms. The molecule has 0 aliphatic carbocycles. The lowest BCUT2D eigenvalue weighted by Gasteiger charge is -2.29. The number of aryl methyl sites for hydroxylation is 2. The van der Waals surface area contributed by atoms with Crippen LogP contribution in [0.4, 0.5) is 13.2 Å². The van der Waals surface area contributed by atoms with Crippen LogP contribution in [0.3, 0.4) is 0 Å². The lowest BCUT2D eigenvalue weighted by atomic mass is 9.73. The van der Waals surface area contributed by atoms with Crippen molar-refractivity contribution < 1.29 is 60.9 Å². The predicted octanol–water partition coefficient (Wildman–Crippen LogP) is 14.0. The third-order valence-corrected chi connectivity index (χ3v) is 14.3. The van der Waals surface area contributed by atoms with Crippen molar-refractivity contribution >= 4 is 47.8 Å². The number of nitrogens with zero attached hydrogens (tertiary/aromatic N) is 1. The van der Waals surface area contributed by atoms with Crippen LogP contribution in [-0.4, -0.2) is 66.5 Å². The molecule has 0 N–H and O–H groups in total. The second kappa shape index (κ2) is 32.2. The molecule has 1 aliphatic rings. The Morgan fingerprint density at radius 2 is 1.04 bits per heavy atom. The lowest BCUT2D eigenvalue weighted by molar-refractivity contribution is -0.189. The molecule has 0 aromatic heterocycles. The number of hydrogen-bond acceptors (Lipinski definition) is 10. The number of imide groups is 1. The van der Waals surface area contributed by atoms with Crippen molar-refractivity contribution in [2.24, 2.45) is 23.7 Å². The van der Waals surface area contributed by atoms with Crippen LogP contribution in [0.1, 0.15) is 157 Å². The highest BCUT2D eigenvalue weighted by Crippen LogP contribution is 2.43. The molecule has 2 amide bonds. The van der Waals surface area contributed by atoms with Crippen molar-refractivity contribution in [3.8, 4) is 11.5 Å². The Morgan fingerprint density at radius 1 is 0.564 bits per heavy atom. The summed E-state index contributed by atoms with van der Waals surface area (Å²) in [5, 5.41) is 0. The summed E-state index contributed by atoms with van der Waals surface area (Å²) >= 11 is 0. The molecule has 14 heteroatoms. The lowest BCUT2D eigenvalue weighted by Crippen LogP contribution is -2.35. The predicted molar refractivity (Wildman–Crippen MR) is 296 cm³/mol. The van der Waals surface area contributed by atoms with Gasteiger partial charge in [-0.05, 0) is 134 Å². The number of carbonyl (C=O) groups is 6. The average Bonchev–Trinajstić information content (AvgIpc) is 3.64. The van der Waals surface area contributed by atoms with Crippen LogP contribution in [0.2, 0.25) is 0 Å². The van der Waals surface area contributed by atoms with E-state index in [0.717, 1.165) is 42.4 Å². The molecule has 4 aromatic rings. The second-order valence-electron chi connectivity index (χ2n) is 20.3. The molecular weight excluding hydrogens is 1000 g/mol. The number of carbonyl (C=O) groups excluding carboxylic acids is 6. The molecular formula is C64H78F3NO10. The zero-order valence-electron chi connectivity index (χ0n) is 46.0. The van der Waals surface area contributed by atoms with Crippen molar-refractivity contribution in [1.82, 2.24) is 4.90 Å². The molecule has 0 saturated carbocycles. The minimum absolute atomic E-state index is 0.0155. The summed E-state index contributed by atoms with van der Waals surface area (Å²) in [6.45, 7) is 7.81. The van der Waals surface area contributed by atoms with E-state index in [-0.39, 0.29) is 44.6 Å². The summed E-state index contributed by atoms with van der Waals surface area (Å²) in [5.41, 5.74) is 5.46. The average molecular weight is 1080 g/mol.